The first kappa shape index (κ1) is 14.1. The second-order valence-electron chi connectivity index (χ2n) is 5.08. The summed E-state index contributed by atoms with van der Waals surface area (Å²) in [5, 5.41) is 4.38. The quantitative estimate of drug-likeness (QED) is 0.497. The van der Waals surface area contributed by atoms with E-state index in [2.05, 4.69) is 5.16 Å². The Labute approximate surface area is 130 Å². The maximum Gasteiger partial charge on any atom is 0.158 e. The summed E-state index contributed by atoms with van der Waals surface area (Å²) in [5.74, 6) is 0.731. The second kappa shape index (κ2) is 6.72. The van der Waals surface area contributed by atoms with E-state index in [1.807, 2.05) is 91.9 Å². The molecule has 3 rings (SSSR count). The predicted octanol–water partition coefficient (Wildman–Crippen LogP) is 4.83. The molecular weight excluding hydrogens is 270 g/mol. The van der Waals surface area contributed by atoms with Gasteiger partial charge in [-0.2, -0.15) is 0 Å². The molecule has 0 aliphatic rings. The molecule has 0 bridgehead atoms. The summed E-state index contributed by atoms with van der Waals surface area (Å²) < 4.78 is 0. The van der Waals surface area contributed by atoms with Gasteiger partial charge in [0.2, 0.25) is 0 Å². The van der Waals surface area contributed by atoms with Crippen LogP contribution in [0, 0.1) is 6.92 Å². The molecule has 0 saturated heterocycles. The predicted molar refractivity (Wildman–Crippen MR) is 90.3 cm³/mol. The molecule has 2 heteroatoms. The van der Waals surface area contributed by atoms with Crippen LogP contribution in [0.4, 0.5) is 0 Å². The molecule has 0 N–H and O–H groups in total. The molecule has 0 heterocycles. The Bertz CT molecular complexity index is 705. The molecule has 0 aromatic heterocycles. The number of aryl methyl sites for hydroxylation is 1. The smallest absolute Gasteiger partial charge is 0.158 e. The van der Waals surface area contributed by atoms with Gasteiger partial charge in [-0.25, -0.2) is 0 Å². The fourth-order valence-electron chi connectivity index (χ4n) is 2.16. The van der Waals surface area contributed by atoms with Crippen LogP contribution in [0.1, 0.15) is 16.7 Å². The lowest BCUT2D eigenvalue weighted by molar-refractivity contribution is 0.342. The van der Waals surface area contributed by atoms with Crippen LogP contribution in [-0.2, 0) is 0 Å². The van der Waals surface area contributed by atoms with Gasteiger partial charge in [-0.1, -0.05) is 83.5 Å². The van der Waals surface area contributed by atoms with E-state index >= 15 is 0 Å². The summed E-state index contributed by atoms with van der Waals surface area (Å²) in [6.07, 6.45) is 0. The lowest BCUT2D eigenvalue weighted by atomic mass is 10.0. The van der Waals surface area contributed by atoms with E-state index in [1.165, 1.54) is 5.56 Å². The average Bonchev–Trinajstić information content (AvgIpc) is 2.59. The van der Waals surface area contributed by atoms with Crippen molar-refractivity contribution in [2.24, 2.45) is 5.16 Å². The van der Waals surface area contributed by atoms with Crippen molar-refractivity contribution < 1.29 is 4.84 Å². The van der Waals surface area contributed by atoms with Gasteiger partial charge in [0.15, 0.2) is 5.75 Å². The Hall–Kier alpha value is -2.87. The van der Waals surface area contributed by atoms with E-state index in [1.54, 1.807) is 0 Å². The lowest BCUT2D eigenvalue weighted by Gasteiger charge is -2.07. The van der Waals surface area contributed by atoms with Gasteiger partial charge in [0, 0.05) is 11.1 Å². The van der Waals surface area contributed by atoms with Crippen molar-refractivity contribution in [3.05, 3.63) is 102 Å². The summed E-state index contributed by atoms with van der Waals surface area (Å²) in [5.41, 5.74) is 4.08. The maximum atomic E-state index is 5.62. The van der Waals surface area contributed by atoms with Gasteiger partial charge in [-0.15, -0.1) is 0 Å². The van der Waals surface area contributed by atoms with Crippen molar-refractivity contribution in [1.82, 2.24) is 0 Å². The van der Waals surface area contributed by atoms with Crippen LogP contribution in [-0.4, -0.2) is 5.71 Å². The highest BCUT2D eigenvalue weighted by molar-refractivity contribution is 6.12. The molecule has 0 atom stereocenters. The van der Waals surface area contributed by atoms with Crippen LogP contribution >= 0.6 is 0 Å². The van der Waals surface area contributed by atoms with Crippen LogP contribution in [0.2, 0.25) is 0 Å². The van der Waals surface area contributed by atoms with Crippen molar-refractivity contribution in [3.8, 4) is 5.75 Å². The molecule has 108 valence electrons. The molecule has 0 unspecified atom stereocenters. The van der Waals surface area contributed by atoms with Crippen LogP contribution in [0.5, 0.6) is 5.75 Å². The van der Waals surface area contributed by atoms with E-state index in [0.717, 1.165) is 22.6 Å². The van der Waals surface area contributed by atoms with Crippen molar-refractivity contribution in [1.29, 1.82) is 0 Å². The van der Waals surface area contributed by atoms with Gasteiger partial charge in [0.25, 0.3) is 0 Å². The maximum absolute atomic E-state index is 5.62. The Morgan fingerprint density at radius 1 is 0.682 bits per heavy atom. The zero-order chi connectivity index (χ0) is 15.2. The minimum atomic E-state index is 0.731. The van der Waals surface area contributed by atoms with Crippen molar-refractivity contribution in [3.63, 3.8) is 0 Å². The molecule has 3 aromatic rings. The highest BCUT2D eigenvalue weighted by Crippen LogP contribution is 2.15. The molecule has 0 aliphatic carbocycles. The first-order valence-electron chi connectivity index (χ1n) is 7.25. The van der Waals surface area contributed by atoms with Crippen LogP contribution in [0.25, 0.3) is 0 Å². The highest BCUT2D eigenvalue weighted by Gasteiger charge is 2.07. The van der Waals surface area contributed by atoms with Crippen LogP contribution in [0.15, 0.2) is 90.1 Å². The van der Waals surface area contributed by atoms with Gasteiger partial charge < -0.3 is 4.84 Å². The summed E-state index contributed by atoms with van der Waals surface area (Å²) in [6.45, 7) is 2.05. The van der Waals surface area contributed by atoms with Gasteiger partial charge in [-0.3, -0.25) is 0 Å². The largest absolute Gasteiger partial charge is 0.356 e. The fourth-order valence-corrected chi connectivity index (χ4v) is 2.16. The van der Waals surface area contributed by atoms with Crippen molar-refractivity contribution in [2.75, 3.05) is 0 Å². The van der Waals surface area contributed by atoms with E-state index in [0.29, 0.717) is 0 Å². The first-order valence-corrected chi connectivity index (χ1v) is 7.25. The number of oxime groups is 1. The van der Waals surface area contributed by atoms with Crippen molar-refractivity contribution >= 4 is 5.71 Å². The number of hydrogen-bond acceptors (Lipinski definition) is 2. The number of benzene rings is 3. The second-order valence-corrected chi connectivity index (χ2v) is 5.08. The van der Waals surface area contributed by atoms with Crippen LogP contribution in [0.3, 0.4) is 0 Å². The SMILES string of the molecule is Cc1ccc(ON=C(c2ccccc2)c2ccccc2)cc1. The van der Waals surface area contributed by atoms with Gasteiger partial charge in [-0.05, 0) is 19.1 Å². The number of rotatable bonds is 4. The van der Waals surface area contributed by atoms with Gasteiger partial charge >= 0.3 is 0 Å². The summed E-state index contributed by atoms with van der Waals surface area (Å²) in [6, 6.07) is 28.0. The first-order chi connectivity index (χ1) is 10.8. The Kier molecular flexibility index (Phi) is 4.30. The lowest BCUT2D eigenvalue weighted by Crippen LogP contribution is -2.05. The number of hydrogen-bond donors (Lipinski definition) is 0. The molecule has 3 aromatic carbocycles. The molecule has 0 aliphatic heterocycles. The van der Waals surface area contributed by atoms with Crippen molar-refractivity contribution in [2.45, 2.75) is 6.92 Å². The minimum absolute atomic E-state index is 0.731. The highest BCUT2D eigenvalue weighted by atomic mass is 16.6. The molecule has 0 saturated carbocycles. The molecule has 0 radical (unpaired) electrons. The van der Waals surface area contributed by atoms with Crippen LogP contribution < -0.4 is 4.84 Å². The van der Waals surface area contributed by atoms with Gasteiger partial charge in [0.1, 0.15) is 5.71 Å². The third-order valence-electron chi connectivity index (χ3n) is 3.36. The Balaban J connectivity index is 1.95. The Morgan fingerprint density at radius 2 is 1.18 bits per heavy atom. The van der Waals surface area contributed by atoms with E-state index in [9.17, 15) is 0 Å². The van der Waals surface area contributed by atoms with E-state index < -0.39 is 0 Å². The molecule has 0 fully saturated rings. The molecule has 0 spiro atoms. The minimum Gasteiger partial charge on any atom is -0.356 e. The summed E-state index contributed by atoms with van der Waals surface area (Å²) in [7, 11) is 0. The van der Waals surface area contributed by atoms with E-state index in [-0.39, 0.29) is 0 Å². The Morgan fingerprint density at radius 3 is 1.68 bits per heavy atom. The average molecular weight is 287 g/mol. The third-order valence-corrected chi connectivity index (χ3v) is 3.36. The zero-order valence-electron chi connectivity index (χ0n) is 12.4. The topological polar surface area (TPSA) is 21.6 Å². The van der Waals surface area contributed by atoms with E-state index in [4.69, 9.17) is 4.84 Å². The molecular formula is C20H17NO. The summed E-state index contributed by atoms with van der Waals surface area (Å²) >= 11 is 0. The standard InChI is InChI=1S/C20H17NO/c1-16-12-14-19(15-13-16)22-21-20(17-8-4-2-5-9-17)18-10-6-3-7-11-18/h2-15H,1H3. The third kappa shape index (κ3) is 3.41. The molecule has 22 heavy (non-hydrogen) atoms. The normalized spacial score (nSPS) is 10.0. The number of nitrogens with zero attached hydrogens (tertiary/aromatic N) is 1. The summed E-state index contributed by atoms with van der Waals surface area (Å²) in [4.78, 5) is 5.62. The van der Waals surface area contributed by atoms with Gasteiger partial charge in [0.05, 0.1) is 0 Å². The monoisotopic (exact) mass is 287 g/mol. The zero-order valence-corrected chi connectivity index (χ0v) is 12.4. The molecule has 2 nitrogen and oxygen atoms in total. The molecule has 0 amide bonds. The fraction of sp³-hybridized carbons (Fsp3) is 0.0500.